The Kier molecular flexibility index (Phi) is 3.45. The summed E-state index contributed by atoms with van der Waals surface area (Å²) in [5.41, 5.74) is 0. The van der Waals surface area contributed by atoms with Gasteiger partial charge in [0.1, 0.15) is 0 Å². The van der Waals surface area contributed by atoms with Gasteiger partial charge in [0.2, 0.25) is 0 Å². The van der Waals surface area contributed by atoms with Crippen LogP contribution in [0.4, 0.5) is 0 Å². The van der Waals surface area contributed by atoms with Crippen molar-refractivity contribution in [2.75, 3.05) is 27.2 Å². The lowest BCUT2D eigenvalue weighted by atomic mass is 10.0. The van der Waals surface area contributed by atoms with Crippen LogP contribution in [0.15, 0.2) is 0 Å². The van der Waals surface area contributed by atoms with Crippen molar-refractivity contribution in [3.05, 3.63) is 0 Å². The Morgan fingerprint density at radius 1 is 1.00 bits per heavy atom. The van der Waals surface area contributed by atoms with Crippen LogP contribution in [0.2, 0.25) is 0 Å². The predicted molar refractivity (Wildman–Crippen MR) is 60.5 cm³/mol. The van der Waals surface area contributed by atoms with Crippen LogP contribution in [0.3, 0.4) is 0 Å². The maximum absolute atomic E-state index is 2.75. The normalized spacial score (nSPS) is 31.5. The first-order valence-electron chi connectivity index (χ1n) is 6.18. The quantitative estimate of drug-likeness (QED) is 0.666. The molecule has 14 heavy (non-hydrogen) atoms. The maximum Gasteiger partial charge on any atom is 0.0217 e. The van der Waals surface area contributed by atoms with Gasteiger partial charge >= 0.3 is 0 Å². The summed E-state index contributed by atoms with van der Waals surface area (Å²) < 4.78 is 0. The fourth-order valence-corrected chi connectivity index (χ4v) is 3.01. The maximum atomic E-state index is 2.75. The van der Waals surface area contributed by atoms with Gasteiger partial charge in [-0.3, -0.25) is 4.90 Å². The molecule has 1 aliphatic heterocycles. The number of nitrogens with zero attached hydrogens (tertiary/aromatic N) is 2. The van der Waals surface area contributed by atoms with Crippen LogP contribution < -0.4 is 0 Å². The molecule has 2 nitrogen and oxygen atoms in total. The minimum atomic E-state index is 0.810. The lowest BCUT2D eigenvalue weighted by Gasteiger charge is -2.39. The Hall–Kier alpha value is -0.0800. The molecular formula is C12H24N2. The Balaban J connectivity index is 1.86. The van der Waals surface area contributed by atoms with E-state index in [0.29, 0.717) is 0 Å². The fourth-order valence-electron chi connectivity index (χ4n) is 3.01. The molecule has 1 heterocycles. The van der Waals surface area contributed by atoms with Crippen molar-refractivity contribution in [1.29, 1.82) is 0 Å². The minimum Gasteiger partial charge on any atom is -0.305 e. The fraction of sp³-hybridized carbons (Fsp3) is 1.00. The molecule has 0 N–H and O–H groups in total. The molecular weight excluding hydrogens is 172 g/mol. The van der Waals surface area contributed by atoms with E-state index < -0.39 is 0 Å². The van der Waals surface area contributed by atoms with Crippen molar-refractivity contribution in [1.82, 2.24) is 9.80 Å². The Bertz CT molecular complexity index is 173. The number of hydrogen-bond acceptors (Lipinski definition) is 2. The molecule has 0 radical (unpaired) electrons. The van der Waals surface area contributed by atoms with E-state index in [-0.39, 0.29) is 0 Å². The van der Waals surface area contributed by atoms with Crippen LogP contribution in [-0.4, -0.2) is 49.1 Å². The lowest BCUT2D eigenvalue weighted by molar-refractivity contribution is 0.0979. The second-order valence-electron chi connectivity index (χ2n) is 5.19. The molecule has 0 aromatic heterocycles. The van der Waals surface area contributed by atoms with Crippen LogP contribution in [0.1, 0.15) is 38.5 Å². The zero-order valence-electron chi connectivity index (χ0n) is 9.71. The average Bonchev–Trinajstić information content (AvgIpc) is 2.71. The van der Waals surface area contributed by atoms with Gasteiger partial charge in [0.25, 0.3) is 0 Å². The molecule has 0 amide bonds. The van der Waals surface area contributed by atoms with Crippen molar-refractivity contribution in [3.8, 4) is 0 Å². The number of piperidine rings is 1. The summed E-state index contributed by atoms with van der Waals surface area (Å²) in [5.74, 6) is 0. The van der Waals surface area contributed by atoms with Crippen molar-refractivity contribution in [2.24, 2.45) is 0 Å². The number of hydrogen-bond donors (Lipinski definition) is 0. The summed E-state index contributed by atoms with van der Waals surface area (Å²) in [6.45, 7) is 2.67. The zero-order chi connectivity index (χ0) is 9.97. The van der Waals surface area contributed by atoms with Gasteiger partial charge in [0.05, 0.1) is 0 Å². The summed E-state index contributed by atoms with van der Waals surface area (Å²) in [4.78, 5) is 5.16. The van der Waals surface area contributed by atoms with E-state index in [4.69, 9.17) is 0 Å². The van der Waals surface area contributed by atoms with Gasteiger partial charge in [0.15, 0.2) is 0 Å². The van der Waals surface area contributed by atoms with Crippen LogP contribution in [0.5, 0.6) is 0 Å². The number of likely N-dealkylation sites (N-methyl/N-ethyl adjacent to an activating group) is 1. The summed E-state index contributed by atoms with van der Waals surface area (Å²) in [6.07, 6.45) is 8.65. The van der Waals surface area contributed by atoms with Crippen molar-refractivity contribution >= 4 is 0 Å². The monoisotopic (exact) mass is 196 g/mol. The first-order valence-corrected chi connectivity index (χ1v) is 6.18. The standard InChI is InChI=1S/C12H24N2/c1-13(2)12-8-5-9-14(10-12)11-6-3-4-7-11/h11-12H,3-10H2,1-2H3. The van der Waals surface area contributed by atoms with Gasteiger partial charge in [-0.05, 0) is 46.3 Å². The van der Waals surface area contributed by atoms with E-state index in [1.54, 1.807) is 0 Å². The van der Waals surface area contributed by atoms with Crippen molar-refractivity contribution in [2.45, 2.75) is 50.6 Å². The first kappa shape index (κ1) is 10.4. The van der Waals surface area contributed by atoms with Gasteiger partial charge in [-0.2, -0.15) is 0 Å². The zero-order valence-corrected chi connectivity index (χ0v) is 9.71. The van der Waals surface area contributed by atoms with Crippen LogP contribution >= 0.6 is 0 Å². The van der Waals surface area contributed by atoms with E-state index >= 15 is 0 Å². The molecule has 2 fully saturated rings. The largest absolute Gasteiger partial charge is 0.305 e. The molecule has 1 atom stereocenters. The highest BCUT2D eigenvalue weighted by atomic mass is 15.2. The summed E-state index contributed by atoms with van der Waals surface area (Å²) in [7, 11) is 4.45. The van der Waals surface area contributed by atoms with E-state index in [9.17, 15) is 0 Å². The average molecular weight is 196 g/mol. The van der Waals surface area contributed by atoms with Gasteiger partial charge in [-0.25, -0.2) is 0 Å². The molecule has 0 aromatic carbocycles. The SMILES string of the molecule is CN(C)C1CCCN(C2CCCC2)C1. The Morgan fingerprint density at radius 3 is 2.36 bits per heavy atom. The summed E-state index contributed by atoms with van der Waals surface area (Å²) >= 11 is 0. The van der Waals surface area contributed by atoms with E-state index in [1.165, 1.54) is 51.6 Å². The first-order chi connectivity index (χ1) is 6.77. The Labute approximate surface area is 88.3 Å². The topological polar surface area (TPSA) is 6.48 Å². The van der Waals surface area contributed by atoms with Gasteiger partial charge in [-0.15, -0.1) is 0 Å². The van der Waals surface area contributed by atoms with Gasteiger partial charge < -0.3 is 4.90 Å². The van der Waals surface area contributed by atoms with E-state index in [0.717, 1.165) is 12.1 Å². The third-order valence-electron chi connectivity index (χ3n) is 4.00. The lowest BCUT2D eigenvalue weighted by Crippen LogP contribution is -2.48. The smallest absolute Gasteiger partial charge is 0.0217 e. The third kappa shape index (κ3) is 2.29. The number of likely N-dealkylation sites (tertiary alicyclic amines) is 1. The second-order valence-corrected chi connectivity index (χ2v) is 5.19. The van der Waals surface area contributed by atoms with E-state index in [1.807, 2.05) is 0 Å². The van der Waals surface area contributed by atoms with E-state index in [2.05, 4.69) is 23.9 Å². The molecule has 2 aliphatic rings. The molecule has 1 unspecified atom stereocenters. The summed E-state index contributed by atoms with van der Waals surface area (Å²) in [5, 5.41) is 0. The molecule has 1 saturated carbocycles. The predicted octanol–water partition coefficient (Wildman–Crippen LogP) is 1.95. The Morgan fingerprint density at radius 2 is 1.71 bits per heavy atom. The minimum absolute atomic E-state index is 0.810. The molecule has 0 bridgehead atoms. The third-order valence-corrected chi connectivity index (χ3v) is 4.00. The molecule has 1 aliphatic carbocycles. The van der Waals surface area contributed by atoms with Gasteiger partial charge in [0, 0.05) is 18.6 Å². The van der Waals surface area contributed by atoms with Crippen molar-refractivity contribution in [3.63, 3.8) is 0 Å². The van der Waals surface area contributed by atoms with Crippen LogP contribution in [0.25, 0.3) is 0 Å². The molecule has 0 spiro atoms. The highest BCUT2D eigenvalue weighted by Gasteiger charge is 2.28. The van der Waals surface area contributed by atoms with Crippen LogP contribution in [0, 0.1) is 0 Å². The molecule has 2 heteroatoms. The molecule has 1 saturated heterocycles. The second kappa shape index (κ2) is 4.63. The molecule has 2 rings (SSSR count). The molecule has 0 aromatic rings. The highest BCUT2D eigenvalue weighted by molar-refractivity contribution is 4.84. The molecule has 82 valence electrons. The van der Waals surface area contributed by atoms with Crippen molar-refractivity contribution < 1.29 is 0 Å². The summed E-state index contributed by atoms with van der Waals surface area (Å²) in [6, 6.07) is 1.74. The van der Waals surface area contributed by atoms with Crippen LogP contribution in [-0.2, 0) is 0 Å². The highest BCUT2D eigenvalue weighted by Crippen LogP contribution is 2.26. The van der Waals surface area contributed by atoms with Gasteiger partial charge in [-0.1, -0.05) is 12.8 Å². The number of rotatable bonds is 2.